The number of alkyl halides is 3. The quantitative estimate of drug-likeness (QED) is 0.897. The maximum atomic E-state index is 13.5. The van der Waals surface area contributed by atoms with Crippen molar-refractivity contribution in [3.8, 4) is 0 Å². The van der Waals surface area contributed by atoms with Crippen molar-refractivity contribution in [1.29, 1.82) is 0 Å². The second-order valence-electron chi connectivity index (χ2n) is 4.78. The van der Waals surface area contributed by atoms with Crippen LogP contribution in [0.1, 0.15) is 5.69 Å². The standard InChI is InChI=1S/C12H11F3N4OS/c1-7-3-2-4-8(16-7)17-11(12(13,14)15)9(20)19-5-6-21-10(19)18-11/h2-4H,5-6H2,1H3,(H,16,17)/p+1/t11-/m1/s1. The van der Waals surface area contributed by atoms with E-state index < -0.39 is 17.7 Å². The number of fused-ring (bicyclic) bond motifs is 1. The summed E-state index contributed by atoms with van der Waals surface area (Å²) in [5.74, 6) is -0.421. The van der Waals surface area contributed by atoms with Crippen LogP contribution < -0.4 is 10.3 Å². The number of aliphatic imine (C=N–C) groups is 1. The van der Waals surface area contributed by atoms with E-state index in [1.165, 1.54) is 6.07 Å². The van der Waals surface area contributed by atoms with E-state index in [1.807, 2.05) is 0 Å². The fourth-order valence-electron chi connectivity index (χ4n) is 2.26. The fourth-order valence-corrected chi connectivity index (χ4v) is 3.25. The molecule has 5 nitrogen and oxygen atoms in total. The number of anilines is 1. The third-order valence-electron chi connectivity index (χ3n) is 3.26. The molecule has 0 bridgehead atoms. The molecular formula is C12H12F3N4OS+. The fraction of sp³-hybridized carbons (Fsp3) is 0.417. The molecular weight excluding hydrogens is 305 g/mol. The summed E-state index contributed by atoms with van der Waals surface area (Å²) in [5, 5.41) is 2.36. The van der Waals surface area contributed by atoms with Crippen LogP contribution in [0.25, 0.3) is 0 Å². The molecule has 0 aliphatic carbocycles. The predicted octanol–water partition coefficient (Wildman–Crippen LogP) is 1.42. The molecule has 0 unspecified atom stereocenters. The van der Waals surface area contributed by atoms with Crippen LogP contribution in [0.3, 0.4) is 0 Å². The molecule has 2 aliphatic rings. The highest BCUT2D eigenvalue weighted by molar-refractivity contribution is 8.14. The van der Waals surface area contributed by atoms with Gasteiger partial charge in [0.1, 0.15) is 0 Å². The largest absolute Gasteiger partial charge is 0.464 e. The molecule has 21 heavy (non-hydrogen) atoms. The van der Waals surface area contributed by atoms with Gasteiger partial charge >= 0.3 is 17.7 Å². The highest BCUT2D eigenvalue weighted by atomic mass is 32.2. The number of hydrogen-bond acceptors (Lipinski definition) is 4. The number of pyridine rings is 1. The van der Waals surface area contributed by atoms with E-state index in [0.717, 1.165) is 16.7 Å². The number of nitrogens with zero attached hydrogens (tertiary/aromatic N) is 2. The van der Waals surface area contributed by atoms with E-state index in [2.05, 4.69) is 15.3 Å². The Bertz CT molecular complexity index is 633. The average Bonchev–Trinajstić information content (AvgIpc) is 2.92. The van der Waals surface area contributed by atoms with Gasteiger partial charge in [-0.15, -0.1) is 0 Å². The molecule has 2 aliphatic heterocycles. The van der Waals surface area contributed by atoms with E-state index in [9.17, 15) is 18.0 Å². The molecule has 1 amide bonds. The summed E-state index contributed by atoms with van der Waals surface area (Å²) in [6.07, 6.45) is -4.83. The van der Waals surface area contributed by atoms with Crippen LogP contribution in [0.2, 0.25) is 0 Å². The molecule has 9 heteroatoms. The van der Waals surface area contributed by atoms with E-state index >= 15 is 0 Å². The molecule has 1 atom stereocenters. The first-order chi connectivity index (χ1) is 9.83. The van der Waals surface area contributed by atoms with Gasteiger partial charge in [0, 0.05) is 18.4 Å². The molecule has 0 spiro atoms. The Hall–Kier alpha value is -1.77. The number of aromatic nitrogens is 1. The van der Waals surface area contributed by atoms with Crippen LogP contribution >= 0.6 is 11.8 Å². The molecule has 1 saturated heterocycles. The van der Waals surface area contributed by atoms with Crippen molar-refractivity contribution < 1.29 is 22.9 Å². The normalized spacial score (nSPS) is 25.0. The Balaban J connectivity index is 2.04. The Labute approximate surface area is 122 Å². The Morgan fingerprint density at radius 3 is 2.86 bits per heavy atom. The minimum absolute atomic E-state index is 0.0937. The van der Waals surface area contributed by atoms with Gasteiger partial charge in [0.15, 0.2) is 5.17 Å². The van der Waals surface area contributed by atoms with Crippen LogP contribution in [-0.4, -0.2) is 40.1 Å². The zero-order valence-corrected chi connectivity index (χ0v) is 11.8. The number of amides is 1. The Kier molecular flexibility index (Phi) is 3.12. The summed E-state index contributed by atoms with van der Waals surface area (Å²) in [6.45, 7) is 1.96. The van der Waals surface area contributed by atoms with E-state index in [-0.39, 0.29) is 17.5 Å². The van der Waals surface area contributed by atoms with Crippen molar-refractivity contribution in [2.24, 2.45) is 4.99 Å². The molecule has 1 fully saturated rings. The number of aryl methyl sites for hydroxylation is 1. The van der Waals surface area contributed by atoms with Gasteiger partial charge < -0.3 is 0 Å². The molecule has 3 rings (SSSR count). The minimum Gasteiger partial charge on any atom is -0.284 e. The van der Waals surface area contributed by atoms with Crippen molar-refractivity contribution in [2.45, 2.75) is 18.8 Å². The molecule has 0 radical (unpaired) electrons. The van der Waals surface area contributed by atoms with E-state index in [4.69, 9.17) is 0 Å². The number of nitrogens with one attached hydrogen (secondary N) is 2. The lowest BCUT2D eigenvalue weighted by molar-refractivity contribution is -0.372. The lowest BCUT2D eigenvalue weighted by Gasteiger charge is -2.24. The number of halogens is 3. The van der Waals surface area contributed by atoms with E-state index in [1.54, 1.807) is 19.1 Å². The average molecular weight is 317 g/mol. The third-order valence-corrected chi connectivity index (χ3v) is 4.22. The SMILES string of the molecule is Cc1cccc(N[C@@]2(C(F)(F)F)N=C3SCCN3C2=O)[nH+]1. The van der Waals surface area contributed by atoms with Crippen molar-refractivity contribution >= 4 is 28.7 Å². The second-order valence-corrected chi connectivity index (χ2v) is 5.84. The van der Waals surface area contributed by atoms with Gasteiger partial charge in [0.2, 0.25) is 0 Å². The van der Waals surface area contributed by atoms with Gasteiger partial charge in [-0.05, 0) is 13.0 Å². The highest BCUT2D eigenvalue weighted by Gasteiger charge is 2.70. The zero-order valence-electron chi connectivity index (χ0n) is 11.0. The first-order valence-electron chi connectivity index (χ1n) is 6.22. The summed E-state index contributed by atoms with van der Waals surface area (Å²) in [6, 6.07) is 4.74. The van der Waals surface area contributed by atoms with Crippen LogP contribution in [0.15, 0.2) is 23.2 Å². The number of carbonyl (C=O) groups is 1. The lowest BCUT2D eigenvalue weighted by Crippen LogP contribution is -2.58. The molecule has 0 aromatic carbocycles. The number of carbonyl (C=O) groups excluding carboxylic acids is 1. The zero-order chi connectivity index (χ0) is 15.3. The van der Waals surface area contributed by atoms with Gasteiger partial charge in [-0.3, -0.25) is 9.69 Å². The summed E-state index contributed by atoms with van der Waals surface area (Å²) in [7, 11) is 0. The topological polar surface area (TPSA) is 58.8 Å². The number of rotatable bonds is 2. The van der Waals surface area contributed by atoms with Gasteiger partial charge in [0.05, 0.1) is 5.69 Å². The van der Waals surface area contributed by atoms with Crippen LogP contribution in [0.5, 0.6) is 0 Å². The lowest BCUT2D eigenvalue weighted by atomic mass is 10.1. The van der Waals surface area contributed by atoms with Gasteiger partial charge in [-0.25, -0.2) is 10.3 Å². The molecule has 112 valence electrons. The maximum Gasteiger partial charge on any atom is 0.464 e. The second kappa shape index (κ2) is 4.62. The summed E-state index contributed by atoms with van der Waals surface area (Å²) in [4.78, 5) is 19.7. The van der Waals surface area contributed by atoms with Crippen LogP contribution in [0.4, 0.5) is 19.0 Å². The van der Waals surface area contributed by atoms with Crippen molar-refractivity contribution in [3.05, 3.63) is 23.9 Å². The van der Waals surface area contributed by atoms with Crippen molar-refractivity contribution in [1.82, 2.24) is 4.90 Å². The van der Waals surface area contributed by atoms with Gasteiger partial charge in [-0.2, -0.15) is 18.2 Å². The monoisotopic (exact) mass is 317 g/mol. The summed E-state index contributed by atoms with van der Waals surface area (Å²) >= 11 is 1.15. The van der Waals surface area contributed by atoms with E-state index in [0.29, 0.717) is 11.4 Å². The number of aromatic amines is 1. The first-order valence-corrected chi connectivity index (χ1v) is 7.20. The third kappa shape index (κ3) is 2.15. The molecule has 2 N–H and O–H groups in total. The predicted molar refractivity (Wildman–Crippen MR) is 71.7 cm³/mol. The van der Waals surface area contributed by atoms with Crippen LogP contribution in [-0.2, 0) is 4.79 Å². The smallest absolute Gasteiger partial charge is 0.284 e. The number of H-pyrrole nitrogens is 1. The minimum atomic E-state index is -4.83. The van der Waals surface area contributed by atoms with Gasteiger partial charge in [-0.1, -0.05) is 17.8 Å². The highest BCUT2D eigenvalue weighted by Crippen LogP contribution is 2.42. The number of hydrogen-bond donors (Lipinski definition) is 1. The van der Waals surface area contributed by atoms with Crippen LogP contribution in [0, 0.1) is 6.92 Å². The van der Waals surface area contributed by atoms with Crippen molar-refractivity contribution in [3.63, 3.8) is 0 Å². The van der Waals surface area contributed by atoms with Gasteiger partial charge in [0.25, 0.3) is 5.82 Å². The molecule has 1 aromatic heterocycles. The number of thioether (sulfide) groups is 1. The summed E-state index contributed by atoms with van der Waals surface area (Å²) in [5.41, 5.74) is -2.27. The van der Waals surface area contributed by atoms with Crippen molar-refractivity contribution in [2.75, 3.05) is 17.6 Å². The Morgan fingerprint density at radius 1 is 1.48 bits per heavy atom. The number of amidine groups is 1. The summed E-state index contributed by atoms with van der Waals surface area (Å²) < 4.78 is 40.6. The molecule has 0 saturated carbocycles. The molecule has 1 aromatic rings. The Morgan fingerprint density at radius 2 is 2.24 bits per heavy atom. The first kappa shape index (κ1) is 14.2. The maximum absolute atomic E-state index is 13.5. The molecule has 3 heterocycles.